The van der Waals surface area contributed by atoms with E-state index in [-0.39, 0.29) is 18.2 Å². The maximum Gasteiger partial charge on any atom is 0.243 e. The van der Waals surface area contributed by atoms with E-state index in [4.69, 9.17) is 9.47 Å². The summed E-state index contributed by atoms with van der Waals surface area (Å²) in [6.45, 7) is 9.95. The number of carbonyl (C=O) groups excluding carboxylic acids is 2. The van der Waals surface area contributed by atoms with Crippen molar-refractivity contribution >= 4 is 27.7 Å². The third kappa shape index (κ3) is 9.70. The lowest BCUT2D eigenvalue weighted by Crippen LogP contribution is -2.51. The Balaban J connectivity index is 1.89. The second kappa shape index (κ2) is 16.1. The van der Waals surface area contributed by atoms with Gasteiger partial charge in [0.15, 0.2) is 11.5 Å². The minimum Gasteiger partial charge on any atom is -0.490 e. The van der Waals surface area contributed by atoms with Gasteiger partial charge >= 0.3 is 0 Å². The molecular formula is C33H41BrN2O4. The van der Waals surface area contributed by atoms with Gasteiger partial charge in [-0.3, -0.25) is 9.59 Å². The van der Waals surface area contributed by atoms with E-state index in [9.17, 15) is 9.59 Å². The highest BCUT2D eigenvalue weighted by Crippen LogP contribution is 2.29. The molecule has 0 aliphatic carbocycles. The van der Waals surface area contributed by atoms with Crippen LogP contribution in [0, 0.1) is 5.92 Å². The predicted molar refractivity (Wildman–Crippen MR) is 164 cm³/mol. The zero-order valence-corrected chi connectivity index (χ0v) is 25.6. The van der Waals surface area contributed by atoms with Crippen molar-refractivity contribution in [2.45, 2.75) is 59.5 Å². The number of nitrogens with one attached hydrogen (secondary N) is 1. The van der Waals surface area contributed by atoms with Crippen LogP contribution in [0.4, 0.5) is 0 Å². The summed E-state index contributed by atoms with van der Waals surface area (Å²) in [6, 6.07) is 22.9. The molecule has 0 bridgehead atoms. The fourth-order valence-electron chi connectivity index (χ4n) is 4.41. The van der Waals surface area contributed by atoms with E-state index in [1.165, 1.54) is 0 Å². The smallest absolute Gasteiger partial charge is 0.243 e. The molecule has 3 aromatic carbocycles. The Morgan fingerprint density at radius 2 is 1.50 bits per heavy atom. The number of aryl methyl sites for hydroxylation is 1. The lowest BCUT2D eigenvalue weighted by molar-refractivity contribution is -0.141. The first-order chi connectivity index (χ1) is 19.3. The van der Waals surface area contributed by atoms with Gasteiger partial charge in [-0.15, -0.1) is 0 Å². The lowest BCUT2D eigenvalue weighted by atomic mass is 10.0. The molecule has 0 aliphatic heterocycles. The second-order valence-electron chi connectivity index (χ2n) is 10.1. The molecule has 3 rings (SSSR count). The van der Waals surface area contributed by atoms with Crippen LogP contribution in [-0.2, 0) is 29.0 Å². The van der Waals surface area contributed by atoms with Crippen molar-refractivity contribution in [3.8, 4) is 11.5 Å². The molecule has 0 spiro atoms. The number of ether oxygens (including phenoxy) is 2. The molecule has 3 aromatic rings. The van der Waals surface area contributed by atoms with Crippen LogP contribution in [0.15, 0.2) is 77.3 Å². The molecule has 0 saturated heterocycles. The summed E-state index contributed by atoms with van der Waals surface area (Å²) in [6.07, 6.45) is 1.22. The Kier molecular flexibility index (Phi) is 12.5. The fraction of sp³-hybridized carbons (Fsp3) is 0.394. The number of hydrogen-bond donors (Lipinski definition) is 1. The van der Waals surface area contributed by atoms with Crippen molar-refractivity contribution in [1.82, 2.24) is 10.2 Å². The molecule has 214 valence electrons. The van der Waals surface area contributed by atoms with E-state index >= 15 is 0 Å². The zero-order valence-electron chi connectivity index (χ0n) is 24.0. The number of carbonyl (C=O) groups is 2. The minimum absolute atomic E-state index is 0.0737. The fourth-order valence-corrected chi connectivity index (χ4v) is 4.67. The Morgan fingerprint density at radius 1 is 0.850 bits per heavy atom. The zero-order chi connectivity index (χ0) is 28.9. The molecule has 40 heavy (non-hydrogen) atoms. The van der Waals surface area contributed by atoms with Crippen molar-refractivity contribution in [3.63, 3.8) is 0 Å². The van der Waals surface area contributed by atoms with Crippen molar-refractivity contribution < 1.29 is 19.1 Å². The molecule has 1 unspecified atom stereocenters. The molecule has 0 fully saturated rings. The lowest BCUT2D eigenvalue weighted by Gasteiger charge is -2.32. The highest BCUT2D eigenvalue weighted by Gasteiger charge is 2.30. The van der Waals surface area contributed by atoms with Crippen LogP contribution in [0.5, 0.6) is 11.5 Å². The van der Waals surface area contributed by atoms with Crippen LogP contribution in [0.25, 0.3) is 0 Å². The van der Waals surface area contributed by atoms with Crippen molar-refractivity contribution in [2.24, 2.45) is 5.92 Å². The van der Waals surface area contributed by atoms with Crippen LogP contribution in [-0.4, -0.2) is 42.5 Å². The summed E-state index contributed by atoms with van der Waals surface area (Å²) in [7, 11) is 0. The van der Waals surface area contributed by atoms with Crippen LogP contribution in [0.1, 0.15) is 50.8 Å². The van der Waals surface area contributed by atoms with Gasteiger partial charge < -0.3 is 19.7 Å². The molecule has 0 aromatic heterocycles. The number of nitrogens with zero attached hydrogens (tertiary/aromatic N) is 1. The van der Waals surface area contributed by atoms with Crippen molar-refractivity contribution in [1.29, 1.82) is 0 Å². The summed E-state index contributed by atoms with van der Waals surface area (Å²) in [4.78, 5) is 29.3. The van der Waals surface area contributed by atoms with E-state index in [0.29, 0.717) is 56.6 Å². The maximum absolute atomic E-state index is 13.9. The second-order valence-corrected chi connectivity index (χ2v) is 11.1. The van der Waals surface area contributed by atoms with E-state index < -0.39 is 6.04 Å². The average molecular weight is 610 g/mol. The number of benzene rings is 3. The number of rotatable bonds is 15. The van der Waals surface area contributed by atoms with Crippen LogP contribution < -0.4 is 14.8 Å². The SMILES string of the molecule is CCOc1ccc(CCC(=O)N(Cc2ccc(Br)cc2)C(Cc2ccccc2)C(=O)NCC(C)C)cc1OCC. The first kappa shape index (κ1) is 31.2. The Morgan fingerprint density at radius 3 is 2.15 bits per heavy atom. The van der Waals surface area contributed by atoms with E-state index in [1.54, 1.807) is 4.90 Å². The number of halogens is 1. The van der Waals surface area contributed by atoms with Crippen LogP contribution in [0.2, 0.25) is 0 Å². The number of amides is 2. The average Bonchev–Trinajstić information content (AvgIpc) is 2.95. The molecule has 1 atom stereocenters. The Hall–Kier alpha value is -3.32. The van der Waals surface area contributed by atoms with E-state index in [2.05, 4.69) is 35.1 Å². The first-order valence-electron chi connectivity index (χ1n) is 14.0. The van der Waals surface area contributed by atoms with Crippen LogP contribution >= 0.6 is 15.9 Å². The van der Waals surface area contributed by atoms with E-state index in [1.807, 2.05) is 86.6 Å². The van der Waals surface area contributed by atoms with Gasteiger partial charge in [-0.05, 0) is 67.1 Å². The first-order valence-corrected chi connectivity index (χ1v) is 14.8. The summed E-state index contributed by atoms with van der Waals surface area (Å²) in [5, 5.41) is 3.08. The minimum atomic E-state index is -0.642. The standard InChI is InChI=1S/C33H41BrN2O4/c1-5-39-30-18-14-26(21-31(30)40-6-2)15-19-32(37)36(23-27-12-16-28(34)17-13-27)29(33(38)35-22-24(3)4)20-25-10-8-7-9-11-25/h7-14,16-18,21,24,29H,5-6,15,19-20,22-23H2,1-4H3,(H,35,38). The van der Waals surface area contributed by atoms with Crippen molar-refractivity contribution in [2.75, 3.05) is 19.8 Å². The highest BCUT2D eigenvalue weighted by molar-refractivity contribution is 9.10. The van der Waals surface area contributed by atoms with Gasteiger partial charge in [-0.2, -0.15) is 0 Å². The third-order valence-corrected chi connectivity index (χ3v) is 6.99. The summed E-state index contributed by atoms with van der Waals surface area (Å²) in [5.41, 5.74) is 2.95. The van der Waals surface area contributed by atoms with Gasteiger partial charge in [0.25, 0.3) is 0 Å². The normalized spacial score (nSPS) is 11.7. The summed E-state index contributed by atoms with van der Waals surface area (Å²) >= 11 is 3.49. The topological polar surface area (TPSA) is 67.9 Å². The Bertz CT molecular complexity index is 1210. The molecule has 2 amide bonds. The van der Waals surface area contributed by atoms with E-state index in [0.717, 1.165) is 21.2 Å². The van der Waals surface area contributed by atoms with Gasteiger partial charge in [-0.1, -0.05) is 78.3 Å². The molecular weight excluding hydrogens is 568 g/mol. The van der Waals surface area contributed by atoms with Gasteiger partial charge in [-0.25, -0.2) is 0 Å². The van der Waals surface area contributed by atoms with Gasteiger partial charge in [0.1, 0.15) is 6.04 Å². The number of hydrogen-bond acceptors (Lipinski definition) is 4. The van der Waals surface area contributed by atoms with Crippen LogP contribution in [0.3, 0.4) is 0 Å². The maximum atomic E-state index is 13.9. The monoisotopic (exact) mass is 608 g/mol. The molecule has 0 heterocycles. The summed E-state index contributed by atoms with van der Waals surface area (Å²) < 4.78 is 12.4. The molecule has 0 saturated carbocycles. The molecule has 7 heteroatoms. The summed E-state index contributed by atoms with van der Waals surface area (Å²) in [5.74, 6) is 1.46. The third-order valence-electron chi connectivity index (χ3n) is 6.46. The Labute approximate surface area is 247 Å². The van der Waals surface area contributed by atoms with Gasteiger partial charge in [0, 0.05) is 30.4 Å². The molecule has 6 nitrogen and oxygen atoms in total. The van der Waals surface area contributed by atoms with Gasteiger partial charge in [0.2, 0.25) is 11.8 Å². The molecule has 1 N–H and O–H groups in total. The van der Waals surface area contributed by atoms with Crippen molar-refractivity contribution in [3.05, 3.63) is 94.0 Å². The molecule has 0 radical (unpaired) electrons. The molecule has 0 aliphatic rings. The quantitative estimate of drug-likeness (QED) is 0.211. The van der Waals surface area contributed by atoms with Gasteiger partial charge in [0.05, 0.1) is 13.2 Å². The highest BCUT2D eigenvalue weighted by atomic mass is 79.9. The predicted octanol–water partition coefficient (Wildman–Crippen LogP) is 6.59. The largest absolute Gasteiger partial charge is 0.490 e.